The summed E-state index contributed by atoms with van der Waals surface area (Å²) in [6.07, 6.45) is 5.15. The Kier molecular flexibility index (Phi) is 8.87. The van der Waals surface area contributed by atoms with Crippen LogP contribution in [0.15, 0.2) is 41.5 Å². The molecule has 1 saturated carbocycles. The van der Waals surface area contributed by atoms with E-state index < -0.39 is 0 Å². The van der Waals surface area contributed by atoms with Gasteiger partial charge in [-0.15, -0.1) is 0 Å². The third kappa shape index (κ3) is 6.34. The third-order valence-electron chi connectivity index (χ3n) is 4.21. The molecule has 0 amide bonds. The highest BCUT2D eigenvalue weighted by Crippen LogP contribution is 2.32. The van der Waals surface area contributed by atoms with Crippen molar-refractivity contribution in [2.75, 3.05) is 12.3 Å². The number of fused-ring (bicyclic) bond motifs is 1. The van der Waals surface area contributed by atoms with Gasteiger partial charge in [0.2, 0.25) is 0 Å². The van der Waals surface area contributed by atoms with Crippen LogP contribution in [-0.4, -0.2) is 24.0 Å². The number of pyridine rings is 1. The number of ketones is 1. The summed E-state index contributed by atoms with van der Waals surface area (Å²) in [5.41, 5.74) is 7.32. The molecule has 2 aromatic rings. The molecule has 25 heavy (non-hydrogen) atoms. The molecular weight excluding hydrogens is 312 g/mol. The van der Waals surface area contributed by atoms with Crippen molar-refractivity contribution >= 4 is 29.1 Å². The highest BCUT2D eigenvalue weighted by Gasteiger charge is 2.29. The fraction of sp³-hybridized carbons (Fsp3) is 0.400. The van der Waals surface area contributed by atoms with Crippen molar-refractivity contribution in [2.24, 2.45) is 16.8 Å². The number of aliphatic imine (C=N–C) groups is 1. The van der Waals surface area contributed by atoms with Crippen molar-refractivity contribution < 1.29 is 4.79 Å². The fourth-order valence-electron chi connectivity index (χ4n) is 3.08. The van der Waals surface area contributed by atoms with E-state index in [1.54, 1.807) is 19.2 Å². The van der Waals surface area contributed by atoms with E-state index in [2.05, 4.69) is 16.7 Å². The van der Waals surface area contributed by atoms with Crippen molar-refractivity contribution in [1.82, 2.24) is 4.98 Å². The maximum Gasteiger partial charge on any atom is 0.133 e. The van der Waals surface area contributed by atoms with Gasteiger partial charge >= 0.3 is 0 Å². The lowest BCUT2D eigenvalue weighted by Gasteiger charge is -2.13. The zero-order chi connectivity index (χ0) is 18.7. The lowest BCUT2D eigenvalue weighted by Crippen LogP contribution is -2.18. The van der Waals surface area contributed by atoms with E-state index in [9.17, 15) is 4.79 Å². The number of nitrogens with zero attached hydrogens (tertiary/aromatic N) is 3. The van der Waals surface area contributed by atoms with Crippen LogP contribution in [0.1, 0.15) is 33.1 Å². The summed E-state index contributed by atoms with van der Waals surface area (Å²) >= 11 is 0. The van der Waals surface area contributed by atoms with E-state index >= 15 is 0 Å². The molecular formula is C20H26N4O. The molecule has 1 aliphatic carbocycles. The van der Waals surface area contributed by atoms with Gasteiger partial charge in [0.15, 0.2) is 0 Å². The van der Waals surface area contributed by atoms with Gasteiger partial charge in [-0.1, -0.05) is 24.6 Å². The van der Waals surface area contributed by atoms with Crippen LogP contribution in [0.2, 0.25) is 0 Å². The predicted octanol–water partition coefficient (Wildman–Crippen LogP) is 4.04. The van der Waals surface area contributed by atoms with E-state index in [1.807, 2.05) is 30.3 Å². The number of carbonyl (C=O) groups is 1. The molecule has 1 fully saturated rings. The number of Topliss-reactive ketones (excluding diaryl/α,β-unsaturated/α-hetero) is 1. The second-order valence-electron chi connectivity index (χ2n) is 5.96. The first-order valence-corrected chi connectivity index (χ1v) is 8.38. The van der Waals surface area contributed by atoms with Crippen molar-refractivity contribution in [3.63, 3.8) is 0 Å². The lowest BCUT2D eigenvalue weighted by atomic mass is 9.93. The first-order chi connectivity index (χ1) is 12.0. The number of nitrogen functional groups attached to an aromatic ring is 1. The molecule has 2 unspecified atom stereocenters. The van der Waals surface area contributed by atoms with Crippen LogP contribution in [-0.2, 0) is 4.79 Å². The minimum Gasteiger partial charge on any atom is -0.397 e. The van der Waals surface area contributed by atoms with Gasteiger partial charge in [-0.05, 0) is 44.5 Å². The van der Waals surface area contributed by atoms with Gasteiger partial charge in [0, 0.05) is 31.0 Å². The molecule has 1 aromatic heterocycles. The Balaban J connectivity index is 0.000000217. The number of anilines is 1. The Bertz CT molecular complexity index is 731. The van der Waals surface area contributed by atoms with Crippen molar-refractivity contribution in [2.45, 2.75) is 33.1 Å². The molecule has 0 saturated heterocycles. The van der Waals surface area contributed by atoms with Gasteiger partial charge < -0.3 is 10.7 Å². The van der Waals surface area contributed by atoms with Crippen LogP contribution < -0.4 is 5.73 Å². The Morgan fingerprint density at radius 2 is 2.08 bits per heavy atom. The maximum atomic E-state index is 11.1. The summed E-state index contributed by atoms with van der Waals surface area (Å²) in [7, 11) is 0. The van der Waals surface area contributed by atoms with E-state index in [0.29, 0.717) is 11.7 Å². The van der Waals surface area contributed by atoms with Gasteiger partial charge in [0.1, 0.15) is 5.78 Å². The van der Waals surface area contributed by atoms with Crippen molar-refractivity contribution in [3.05, 3.63) is 36.5 Å². The van der Waals surface area contributed by atoms with Crippen LogP contribution in [0, 0.1) is 23.2 Å². The van der Waals surface area contributed by atoms with Gasteiger partial charge in [-0.25, -0.2) is 0 Å². The first-order valence-electron chi connectivity index (χ1n) is 8.38. The number of para-hydroxylation sites is 1. The van der Waals surface area contributed by atoms with Crippen LogP contribution in [0.4, 0.5) is 5.69 Å². The first kappa shape index (κ1) is 20.3. The summed E-state index contributed by atoms with van der Waals surface area (Å²) in [5, 5.41) is 8.41. The lowest BCUT2D eigenvalue weighted by molar-refractivity contribution is -0.121. The zero-order valence-electron chi connectivity index (χ0n) is 15.0. The minimum atomic E-state index is 0.278. The van der Waals surface area contributed by atoms with E-state index in [1.165, 1.54) is 13.3 Å². The highest BCUT2D eigenvalue weighted by atomic mass is 16.1. The average Bonchev–Trinajstić information content (AvgIpc) is 3.06. The Morgan fingerprint density at radius 3 is 2.68 bits per heavy atom. The standard InChI is InChI=1S/C9H8N2.C9H15NO.C2H3N/c10-8-5-1-3-7-4-2-6-11-9(7)8;1-7(11)9-5-3-4-8(9)6-10-2;1-2-3/h1-6H,10H2;8-9H,2-6H2,1H3;1H3. The average molecular weight is 338 g/mol. The van der Waals surface area contributed by atoms with E-state index in [4.69, 9.17) is 11.0 Å². The molecule has 2 atom stereocenters. The second-order valence-corrected chi connectivity index (χ2v) is 5.96. The summed E-state index contributed by atoms with van der Waals surface area (Å²) in [4.78, 5) is 19.1. The van der Waals surface area contributed by atoms with E-state index in [-0.39, 0.29) is 5.92 Å². The number of nitriles is 1. The highest BCUT2D eigenvalue weighted by molar-refractivity contribution is 5.88. The molecule has 5 nitrogen and oxygen atoms in total. The Labute approximate surface area is 149 Å². The maximum absolute atomic E-state index is 11.1. The van der Waals surface area contributed by atoms with E-state index in [0.717, 1.165) is 36.0 Å². The number of hydrogen-bond donors (Lipinski definition) is 1. The summed E-state index contributed by atoms with van der Waals surface area (Å²) in [5.74, 6) is 1.10. The van der Waals surface area contributed by atoms with Crippen molar-refractivity contribution in [3.8, 4) is 6.07 Å². The Hall–Kier alpha value is -2.74. The predicted molar refractivity (Wildman–Crippen MR) is 103 cm³/mol. The van der Waals surface area contributed by atoms with Crippen molar-refractivity contribution in [1.29, 1.82) is 5.26 Å². The molecule has 2 N–H and O–H groups in total. The summed E-state index contributed by atoms with van der Waals surface area (Å²) in [6.45, 7) is 7.34. The molecule has 0 spiro atoms. The Morgan fingerprint density at radius 1 is 1.40 bits per heavy atom. The molecule has 0 aliphatic heterocycles. The van der Waals surface area contributed by atoms with Gasteiger partial charge in [0.25, 0.3) is 0 Å². The molecule has 3 rings (SSSR count). The smallest absolute Gasteiger partial charge is 0.133 e. The quantitative estimate of drug-likeness (QED) is 0.675. The number of benzene rings is 1. The largest absolute Gasteiger partial charge is 0.397 e. The molecule has 1 aromatic carbocycles. The monoisotopic (exact) mass is 338 g/mol. The number of aromatic nitrogens is 1. The van der Waals surface area contributed by atoms with Gasteiger partial charge in [0.05, 0.1) is 17.3 Å². The summed E-state index contributed by atoms with van der Waals surface area (Å²) in [6, 6.07) is 11.4. The molecule has 132 valence electrons. The number of hydrogen-bond acceptors (Lipinski definition) is 5. The SMILES string of the molecule is C=NCC1CCCC1C(C)=O.CC#N.Nc1cccc2cccnc12. The van der Waals surface area contributed by atoms with Crippen LogP contribution in [0.25, 0.3) is 10.9 Å². The molecule has 1 aliphatic rings. The molecule has 0 bridgehead atoms. The van der Waals surface area contributed by atoms with Gasteiger partial charge in [-0.3, -0.25) is 9.78 Å². The van der Waals surface area contributed by atoms with Crippen LogP contribution in [0.3, 0.4) is 0 Å². The minimum absolute atomic E-state index is 0.278. The number of rotatable bonds is 3. The molecule has 0 radical (unpaired) electrons. The van der Waals surface area contributed by atoms with Gasteiger partial charge in [-0.2, -0.15) is 5.26 Å². The van der Waals surface area contributed by atoms with Crippen LogP contribution >= 0.6 is 0 Å². The molecule has 5 heteroatoms. The normalized spacial score (nSPS) is 18.1. The second kappa shape index (κ2) is 10.9. The third-order valence-corrected chi connectivity index (χ3v) is 4.21. The number of nitrogens with two attached hydrogens (primary N) is 1. The topological polar surface area (TPSA) is 92.1 Å². The fourth-order valence-corrected chi connectivity index (χ4v) is 3.08. The summed E-state index contributed by atoms with van der Waals surface area (Å²) < 4.78 is 0. The number of carbonyl (C=O) groups excluding carboxylic acids is 1. The molecule has 1 heterocycles. The zero-order valence-corrected chi connectivity index (χ0v) is 15.0. The van der Waals surface area contributed by atoms with Crippen LogP contribution in [0.5, 0.6) is 0 Å².